The van der Waals surface area contributed by atoms with Gasteiger partial charge in [-0.25, -0.2) is 4.68 Å². The van der Waals surface area contributed by atoms with Gasteiger partial charge in [-0.2, -0.15) is 0 Å². The van der Waals surface area contributed by atoms with E-state index >= 15 is 0 Å². The average Bonchev–Trinajstić information content (AvgIpc) is 2.65. The maximum atomic E-state index is 12.2. The molecule has 1 heterocycles. The van der Waals surface area contributed by atoms with Crippen molar-refractivity contribution in [2.45, 2.75) is 26.3 Å². The van der Waals surface area contributed by atoms with E-state index in [1.807, 2.05) is 20.8 Å². The predicted molar refractivity (Wildman–Crippen MR) is 70.9 cm³/mol. The second kappa shape index (κ2) is 4.01. The molecule has 5 heteroatoms. The van der Waals surface area contributed by atoms with Gasteiger partial charge in [0.05, 0.1) is 16.4 Å². The van der Waals surface area contributed by atoms with E-state index in [1.165, 1.54) is 0 Å². The van der Waals surface area contributed by atoms with Crippen LogP contribution in [0.25, 0.3) is 10.9 Å². The van der Waals surface area contributed by atoms with Gasteiger partial charge >= 0.3 is 0 Å². The van der Waals surface area contributed by atoms with Crippen LogP contribution in [0.15, 0.2) is 23.0 Å². The standard InChI is InChI=1S/C13H17N3O2/c1-13(2,3)16-12(18)9-7-8(11(17)14-4)5-6-10(9)15-16/h5-7,15H,1-4H3,(H,14,17). The highest BCUT2D eigenvalue weighted by molar-refractivity contribution is 5.97. The Hall–Kier alpha value is -2.04. The van der Waals surface area contributed by atoms with Gasteiger partial charge in [-0.3, -0.25) is 14.7 Å². The van der Waals surface area contributed by atoms with Gasteiger partial charge in [-0.05, 0) is 39.0 Å². The van der Waals surface area contributed by atoms with E-state index < -0.39 is 0 Å². The normalized spacial score (nSPS) is 11.8. The quantitative estimate of drug-likeness (QED) is 0.800. The summed E-state index contributed by atoms with van der Waals surface area (Å²) in [7, 11) is 1.57. The van der Waals surface area contributed by atoms with Gasteiger partial charge in [0.15, 0.2) is 0 Å². The molecule has 2 N–H and O–H groups in total. The highest BCUT2D eigenvalue weighted by Crippen LogP contribution is 2.15. The fourth-order valence-corrected chi connectivity index (χ4v) is 1.87. The number of hydrogen-bond donors (Lipinski definition) is 2. The van der Waals surface area contributed by atoms with Crippen molar-refractivity contribution in [3.63, 3.8) is 0 Å². The molecule has 0 aliphatic heterocycles. The fraction of sp³-hybridized carbons (Fsp3) is 0.385. The molecule has 0 aliphatic rings. The third-order valence-electron chi connectivity index (χ3n) is 2.85. The molecule has 18 heavy (non-hydrogen) atoms. The van der Waals surface area contributed by atoms with Crippen molar-refractivity contribution in [1.29, 1.82) is 0 Å². The summed E-state index contributed by atoms with van der Waals surface area (Å²) < 4.78 is 1.57. The molecule has 0 aliphatic carbocycles. The lowest BCUT2D eigenvalue weighted by atomic mass is 10.1. The van der Waals surface area contributed by atoms with Crippen LogP contribution in [-0.2, 0) is 5.54 Å². The molecule has 1 aromatic heterocycles. The number of benzene rings is 1. The molecule has 0 saturated carbocycles. The van der Waals surface area contributed by atoms with Crippen LogP contribution in [0, 0.1) is 0 Å². The second-order valence-electron chi connectivity index (χ2n) is 5.26. The zero-order valence-corrected chi connectivity index (χ0v) is 11.0. The number of aromatic nitrogens is 2. The molecule has 1 aromatic carbocycles. The van der Waals surface area contributed by atoms with Crippen LogP contribution in [-0.4, -0.2) is 22.7 Å². The number of rotatable bonds is 1. The van der Waals surface area contributed by atoms with E-state index in [0.29, 0.717) is 10.9 Å². The zero-order chi connectivity index (χ0) is 13.5. The topological polar surface area (TPSA) is 66.9 Å². The van der Waals surface area contributed by atoms with E-state index in [9.17, 15) is 9.59 Å². The third-order valence-corrected chi connectivity index (χ3v) is 2.85. The van der Waals surface area contributed by atoms with E-state index in [1.54, 1.807) is 29.9 Å². The average molecular weight is 247 g/mol. The minimum absolute atomic E-state index is 0.108. The predicted octanol–water partition coefficient (Wildman–Crippen LogP) is 1.44. The molecule has 0 radical (unpaired) electrons. The van der Waals surface area contributed by atoms with Crippen molar-refractivity contribution < 1.29 is 4.79 Å². The number of amides is 1. The Morgan fingerprint density at radius 2 is 2.00 bits per heavy atom. The molecule has 5 nitrogen and oxygen atoms in total. The number of nitrogens with zero attached hydrogens (tertiary/aromatic N) is 1. The van der Waals surface area contributed by atoms with Crippen molar-refractivity contribution in [2.24, 2.45) is 0 Å². The van der Waals surface area contributed by atoms with Crippen molar-refractivity contribution >= 4 is 16.8 Å². The lowest BCUT2D eigenvalue weighted by molar-refractivity contribution is 0.0963. The van der Waals surface area contributed by atoms with Crippen LogP contribution in [0.1, 0.15) is 31.1 Å². The first-order chi connectivity index (χ1) is 8.34. The Labute approximate surface area is 105 Å². The van der Waals surface area contributed by atoms with Crippen molar-refractivity contribution in [2.75, 3.05) is 7.05 Å². The van der Waals surface area contributed by atoms with Crippen LogP contribution < -0.4 is 10.9 Å². The van der Waals surface area contributed by atoms with Crippen molar-refractivity contribution in [3.8, 4) is 0 Å². The molecule has 0 fully saturated rings. The van der Waals surface area contributed by atoms with Crippen molar-refractivity contribution in [1.82, 2.24) is 15.1 Å². The van der Waals surface area contributed by atoms with E-state index in [2.05, 4.69) is 10.4 Å². The van der Waals surface area contributed by atoms with Crippen LogP contribution in [0.3, 0.4) is 0 Å². The van der Waals surface area contributed by atoms with Gasteiger partial charge in [0.25, 0.3) is 11.5 Å². The first kappa shape index (κ1) is 12.4. The Morgan fingerprint density at radius 3 is 2.56 bits per heavy atom. The van der Waals surface area contributed by atoms with E-state index in [-0.39, 0.29) is 17.0 Å². The summed E-state index contributed by atoms with van der Waals surface area (Å²) in [5.74, 6) is -0.195. The van der Waals surface area contributed by atoms with E-state index in [0.717, 1.165) is 5.52 Å². The molecule has 0 unspecified atom stereocenters. The number of hydrogen-bond acceptors (Lipinski definition) is 2. The first-order valence-electron chi connectivity index (χ1n) is 5.82. The van der Waals surface area contributed by atoms with E-state index in [4.69, 9.17) is 0 Å². The summed E-state index contributed by atoms with van der Waals surface area (Å²) in [6, 6.07) is 5.07. The minimum Gasteiger partial charge on any atom is -0.355 e. The summed E-state index contributed by atoms with van der Waals surface area (Å²) >= 11 is 0. The minimum atomic E-state index is -0.316. The lowest BCUT2D eigenvalue weighted by Crippen LogP contribution is -2.32. The van der Waals surface area contributed by atoms with Gasteiger partial charge in [-0.1, -0.05) is 0 Å². The number of H-pyrrole nitrogens is 1. The zero-order valence-electron chi connectivity index (χ0n) is 11.0. The molecule has 2 rings (SSSR count). The SMILES string of the molecule is CNC(=O)c1ccc2[nH]n(C(C)(C)C)c(=O)c2c1. The van der Waals surface area contributed by atoms with Crippen LogP contribution >= 0.6 is 0 Å². The smallest absolute Gasteiger partial charge is 0.274 e. The second-order valence-corrected chi connectivity index (χ2v) is 5.26. The number of aromatic amines is 1. The Balaban J connectivity index is 2.68. The number of nitrogens with one attached hydrogen (secondary N) is 2. The highest BCUT2D eigenvalue weighted by atomic mass is 16.1. The lowest BCUT2D eigenvalue weighted by Gasteiger charge is -2.18. The van der Waals surface area contributed by atoms with Crippen LogP contribution in [0.4, 0.5) is 0 Å². The number of fused-ring (bicyclic) bond motifs is 1. The molecule has 96 valence electrons. The number of carbonyl (C=O) groups excluding carboxylic acids is 1. The Morgan fingerprint density at radius 1 is 1.33 bits per heavy atom. The molecule has 0 atom stereocenters. The monoisotopic (exact) mass is 247 g/mol. The molecule has 2 aromatic rings. The maximum Gasteiger partial charge on any atom is 0.274 e. The summed E-state index contributed by atoms with van der Waals surface area (Å²) in [6.07, 6.45) is 0. The van der Waals surface area contributed by atoms with Crippen LogP contribution in [0.5, 0.6) is 0 Å². The van der Waals surface area contributed by atoms with Gasteiger partial charge in [-0.15, -0.1) is 0 Å². The molecule has 0 spiro atoms. The Kier molecular flexibility index (Phi) is 2.77. The van der Waals surface area contributed by atoms with Crippen molar-refractivity contribution in [3.05, 3.63) is 34.1 Å². The highest BCUT2D eigenvalue weighted by Gasteiger charge is 2.19. The number of carbonyl (C=O) groups is 1. The summed E-state index contributed by atoms with van der Waals surface area (Å²) in [5.41, 5.74) is 0.802. The first-order valence-corrected chi connectivity index (χ1v) is 5.82. The Bertz CT molecular complexity index is 659. The summed E-state index contributed by atoms with van der Waals surface area (Å²) in [5, 5.41) is 6.14. The maximum absolute atomic E-state index is 12.2. The molecule has 0 bridgehead atoms. The van der Waals surface area contributed by atoms with Gasteiger partial charge < -0.3 is 5.32 Å². The largest absolute Gasteiger partial charge is 0.355 e. The summed E-state index contributed by atoms with van der Waals surface area (Å²) in [4.78, 5) is 23.8. The van der Waals surface area contributed by atoms with Gasteiger partial charge in [0.2, 0.25) is 0 Å². The van der Waals surface area contributed by atoms with Gasteiger partial charge in [0.1, 0.15) is 0 Å². The molecular weight excluding hydrogens is 230 g/mol. The molecular formula is C13H17N3O2. The van der Waals surface area contributed by atoms with Gasteiger partial charge in [0, 0.05) is 12.6 Å². The summed E-state index contributed by atoms with van der Waals surface area (Å²) in [6.45, 7) is 5.84. The third kappa shape index (κ3) is 1.92. The molecule has 0 saturated heterocycles. The van der Waals surface area contributed by atoms with Crippen LogP contribution in [0.2, 0.25) is 0 Å². The fourth-order valence-electron chi connectivity index (χ4n) is 1.87. The molecule has 1 amide bonds.